The van der Waals surface area contributed by atoms with Crippen LogP contribution in [-0.4, -0.2) is 14.5 Å². The monoisotopic (exact) mass is 699 g/mol. The van der Waals surface area contributed by atoms with Crippen LogP contribution in [0.1, 0.15) is 0 Å². The summed E-state index contributed by atoms with van der Waals surface area (Å²) in [5, 5.41) is 9.59. The number of fused-ring (bicyclic) bond motifs is 7. The Bertz CT molecular complexity index is 3230. The first-order valence-corrected chi connectivity index (χ1v) is 18.7. The van der Waals surface area contributed by atoms with Crippen LogP contribution >= 0.6 is 0 Å². The molecule has 0 aliphatic rings. The highest BCUT2D eigenvalue weighted by Crippen LogP contribution is 2.40. The van der Waals surface area contributed by atoms with Crippen LogP contribution in [-0.2, 0) is 0 Å². The van der Waals surface area contributed by atoms with Gasteiger partial charge in [0.15, 0.2) is 5.82 Å². The Hall–Kier alpha value is -7.36. The highest BCUT2D eigenvalue weighted by atomic mass is 15.0. The van der Waals surface area contributed by atoms with Gasteiger partial charge in [-0.15, -0.1) is 0 Å². The van der Waals surface area contributed by atoms with Crippen LogP contribution in [0.25, 0.3) is 105 Å². The lowest BCUT2D eigenvalue weighted by Gasteiger charge is -2.15. The van der Waals surface area contributed by atoms with Gasteiger partial charge < -0.3 is 4.57 Å². The van der Waals surface area contributed by atoms with Crippen LogP contribution < -0.4 is 0 Å². The minimum atomic E-state index is 0.720. The zero-order chi connectivity index (χ0) is 36.3. The van der Waals surface area contributed by atoms with Crippen LogP contribution in [0.2, 0.25) is 0 Å². The van der Waals surface area contributed by atoms with Crippen LogP contribution in [0.15, 0.2) is 200 Å². The third-order valence-electron chi connectivity index (χ3n) is 11.0. The summed E-state index contributed by atoms with van der Waals surface area (Å²) in [7, 11) is 0. The van der Waals surface area contributed by atoms with Crippen molar-refractivity contribution < 1.29 is 0 Å². The first kappa shape index (κ1) is 31.2. The van der Waals surface area contributed by atoms with Gasteiger partial charge in [0.2, 0.25) is 0 Å². The predicted octanol–water partition coefficient (Wildman–Crippen LogP) is 13.7. The van der Waals surface area contributed by atoms with Crippen LogP contribution in [0.5, 0.6) is 0 Å². The molecule has 0 aliphatic carbocycles. The quantitative estimate of drug-likeness (QED) is 0.132. The summed E-state index contributed by atoms with van der Waals surface area (Å²) >= 11 is 0. The maximum atomic E-state index is 5.37. The molecule has 3 nitrogen and oxygen atoms in total. The van der Waals surface area contributed by atoms with Crippen molar-refractivity contribution in [1.29, 1.82) is 0 Å². The average Bonchev–Trinajstić information content (AvgIpc) is 3.60. The number of hydrogen-bond acceptors (Lipinski definition) is 2. The third-order valence-corrected chi connectivity index (χ3v) is 11.0. The van der Waals surface area contributed by atoms with Crippen molar-refractivity contribution in [3.8, 4) is 50.7 Å². The van der Waals surface area contributed by atoms with Crippen molar-refractivity contribution in [2.45, 2.75) is 0 Å². The Balaban J connectivity index is 1.07. The van der Waals surface area contributed by atoms with E-state index in [0.717, 1.165) is 55.9 Å². The van der Waals surface area contributed by atoms with E-state index in [-0.39, 0.29) is 0 Å². The minimum absolute atomic E-state index is 0.720. The molecule has 55 heavy (non-hydrogen) atoms. The fraction of sp³-hybridized carbons (Fsp3) is 0. The van der Waals surface area contributed by atoms with Gasteiger partial charge in [0, 0.05) is 33.2 Å². The second-order valence-corrected chi connectivity index (χ2v) is 14.2. The van der Waals surface area contributed by atoms with Crippen molar-refractivity contribution >= 4 is 54.1 Å². The van der Waals surface area contributed by atoms with Gasteiger partial charge in [0.25, 0.3) is 0 Å². The highest BCUT2D eigenvalue weighted by molar-refractivity contribution is 6.19. The molecule has 256 valence electrons. The molecule has 0 atom stereocenters. The Kier molecular flexibility index (Phi) is 7.17. The van der Waals surface area contributed by atoms with Crippen LogP contribution in [0.3, 0.4) is 0 Å². The largest absolute Gasteiger partial charge is 0.309 e. The van der Waals surface area contributed by atoms with E-state index in [2.05, 4.69) is 199 Å². The number of para-hydroxylation sites is 2. The number of benzene rings is 9. The van der Waals surface area contributed by atoms with Crippen molar-refractivity contribution in [2.24, 2.45) is 0 Å². The molecule has 0 fully saturated rings. The van der Waals surface area contributed by atoms with Gasteiger partial charge in [-0.2, -0.15) is 0 Å². The van der Waals surface area contributed by atoms with Gasteiger partial charge in [-0.05, 0) is 85.9 Å². The highest BCUT2D eigenvalue weighted by Gasteiger charge is 2.18. The molecule has 2 heterocycles. The molecule has 3 heteroatoms. The number of nitrogens with zero attached hydrogens (tertiary/aromatic N) is 3. The van der Waals surface area contributed by atoms with E-state index in [0.29, 0.717) is 0 Å². The molecule has 2 aromatic heterocycles. The van der Waals surface area contributed by atoms with E-state index in [9.17, 15) is 0 Å². The lowest BCUT2D eigenvalue weighted by molar-refractivity contribution is 1.18. The SMILES string of the molecule is c1ccc(-c2cc(-c3ccc(-c4ccc5c(c4)c4ccccc4n5-c4ccccc4)cc3)nc(-c3c4ccccc4cc4c3ccc3ccccc34)n2)cc1. The average molecular weight is 700 g/mol. The standard InChI is InChI=1S/C52H33N3/c1-3-14-36(15-4-1)47-33-48(54-52(53-47)51-42-20-10-8-16-39(42)32-45-41-19-9-7-13-35(41)27-29-44(45)51)37-25-23-34(24-26-37)38-28-30-50-46(31-38)43-21-11-12-22-49(43)55(50)40-17-5-2-6-18-40/h1-33H. The second-order valence-electron chi connectivity index (χ2n) is 14.2. The van der Waals surface area contributed by atoms with Gasteiger partial charge in [-0.3, -0.25) is 0 Å². The molecular weight excluding hydrogens is 667 g/mol. The zero-order valence-corrected chi connectivity index (χ0v) is 29.9. The van der Waals surface area contributed by atoms with Crippen LogP contribution in [0, 0.1) is 0 Å². The molecule has 0 unspecified atom stereocenters. The van der Waals surface area contributed by atoms with Crippen molar-refractivity contribution in [1.82, 2.24) is 14.5 Å². The number of aromatic nitrogens is 3. The number of hydrogen-bond donors (Lipinski definition) is 0. The van der Waals surface area contributed by atoms with E-state index < -0.39 is 0 Å². The molecular formula is C52H33N3. The first-order valence-electron chi connectivity index (χ1n) is 18.7. The molecule has 0 aliphatic heterocycles. The molecule has 0 radical (unpaired) electrons. The van der Waals surface area contributed by atoms with Crippen LogP contribution in [0.4, 0.5) is 0 Å². The fourth-order valence-electron chi connectivity index (χ4n) is 8.37. The van der Waals surface area contributed by atoms with E-state index in [1.165, 1.54) is 48.9 Å². The molecule has 11 aromatic rings. The second kappa shape index (κ2) is 12.6. The maximum Gasteiger partial charge on any atom is 0.161 e. The van der Waals surface area contributed by atoms with Crippen molar-refractivity contribution in [2.75, 3.05) is 0 Å². The molecule has 0 N–H and O–H groups in total. The minimum Gasteiger partial charge on any atom is -0.309 e. The maximum absolute atomic E-state index is 5.37. The molecule has 9 aromatic carbocycles. The summed E-state index contributed by atoms with van der Waals surface area (Å²) < 4.78 is 2.36. The summed E-state index contributed by atoms with van der Waals surface area (Å²) in [5.74, 6) is 0.720. The Morgan fingerprint density at radius 1 is 0.309 bits per heavy atom. The third kappa shape index (κ3) is 5.20. The van der Waals surface area contributed by atoms with E-state index in [1.54, 1.807) is 0 Å². The molecule has 0 saturated heterocycles. The Labute approximate surface area is 318 Å². The van der Waals surface area contributed by atoms with E-state index in [4.69, 9.17) is 9.97 Å². The van der Waals surface area contributed by atoms with E-state index >= 15 is 0 Å². The van der Waals surface area contributed by atoms with Gasteiger partial charge >= 0.3 is 0 Å². The fourth-order valence-corrected chi connectivity index (χ4v) is 8.37. The summed E-state index contributed by atoms with van der Waals surface area (Å²) in [6.45, 7) is 0. The van der Waals surface area contributed by atoms with E-state index in [1.807, 2.05) is 6.07 Å². The van der Waals surface area contributed by atoms with Gasteiger partial charge in [0.1, 0.15) is 0 Å². The Morgan fingerprint density at radius 3 is 1.67 bits per heavy atom. The number of rotatable bonds is 5. The summed E-state index contributed by atoms with van der Waals surface area (Å²) in [5.41, 5.74) is 10.8. The molecule has 0 amide bonds. The topological polar surface area (TPSA) is 30.7 Å². The lowest BCUT2D eigenvalue weighted by Crippen LogP contribution is -1.98. The first-order chi connectivity index (χ1) is 27.3. The molecule has 0 saturated carbocycles. The normalized spacial score (nSPS) is 11.6. The summed E-state index contributed by atoms with van der Waals surface area (Å²) in [4.78, 5) is 10.7. The summed E-state index contributed by atoms with van der Waals surface area (Å²) in [6, 6.07) is 71.5. The lowest BCUT2D eigenvalue weighted by atomic mass is 9.92. The summed E-state index contributed by atoms with van der Waals surface area (Å²) in [6.07, 6.45) is 0. The Morgan fingerprint density at radius 2 is 0.891 bits per heavy atom. The van der Waals surface area contributed by atoms with Gasteiger partial charge in [-0.1, -0.05) is 158 Å². The van der Waals surface area contributed by atoms with Gasteiger partial charge in [-0.25, -0.2) is 9.97 Å². The smallest absolute Gasteiger partial charge is 0.161 e. The molecule has 0 bridgehead atoms. The predicted molar refractivity (Wildman–Crippen MR) is 231 cm³/mol. The molecule has 11 rings (SSSR count). The zero-order valence-electron chi connectivity index (χ0n) is 29.9. The van der Waals surface area contributed by atoms with Crippen molar-refractivity contribution in [3.05, 3.63) is 200 Å². The van der Waals surface area contributed by atoms with Crippen molar-refractivity contribution in [3.63, 3.8) is 0 Å². The van der Waals surface area contributed by atoms with Gasteiger partial charge in [0.05, 0.1) is 22.4 Å². The molecule has 0 spiro atoms.